The molecule has 0 bridgehead atoms. The summed E-state index contributed by atoms with van der Waals surface area (Å²) in [6.45, 7) is 2.03. The number of para-hydroxylation sites is 1. The highest BCUT2D eigenvalue weighted by atomic mass is 15.1. The van der Waals surface area contributed by atoms with E-state index in [4.69, 9.17) is 0 Å². The Hall–Kier alpha value is -2.03. The maximum absolute atomic E-state index is 4.46. The number of pyridine rings is 1. The lowest BCUT2D eigenvalue weighted by atomic mass is 10.2. The van der Waals surface area contributed by atoms with Gasteiger partial charge in [0.25, 0.3) is 0 Å². The van der Waals surface area contributed by atoms with Crippen LogP contribution in [0, 0.1) is 6.92 Å². The lowest BCUT2D eigenvalue weighted by molar-refractivity contribution is 1.23. The van der Waals surface area contributed by atoms with Crippen LogP contribution in [0.2, 0.25) is 0 Å². The minimum atomic E-state index is 0.848. The maximum atomic E-state index is 4.46. The topological polar surface area (TPSA) is 37.0 Å². The molecule has 0 saturated carbocycles. The fourth-order valence-electron chi connectivity index (χ4n) is 1.52. The van der Waals surface area contributed by atoms with Gasteiger partial charge in [0.15, 0.2) is 0 Å². The van der Waals surface area contributed by atoms with Crippen LogP contribution >= 0.6 is 0 Å². The molecule has 0 saturated heterocycles. The summed E-state index contributed by atoms with van der Waals surface area (Å²) in [5.74, 6) is 1.75. The van der Waals surface area contributed by atoms with Crippen molar-refractivity contribution in [1.82, 2.24) is 4.98 Å². The van der Waals surface area contributed by atoms with E-state index in [1.165, 1.54) is 0 Å². The lowest BCUT2D eigenvalue weighted by Crippen LogP contribution is -1.99. The first-order valence-corrected chi connectivity index (χ1v) is 5.27. The van der Waals surface area contributed by atoms with Gasteiger partial charge < -0.3 is 10.6 Å². The molecule has 82 valence electrons. The number of hydrogen-bond acceptors (Lipinski definition) is 3. The highest BCUT2D eigenvalue weighted by molar-refractivity contribution is 5.59. The fourth-order valence-corrected chi connectivity index (χ4v) is 1.52. The Morgan fingerprint density at radius 2 is 1.75 bits per heavy atom. The van der Waals surface area contributed by atoms with Gasteiger partial charge >= 0.3 is 0 Å². The Balaban J connectivity index is 2.22. The van der Waals surface area contributed by atoms with Gasteiger partial charge in [-0.05, 0) is 30.7 Å². The van der Waals surface area contributed by atoms with Crippen molar-refractivity contribution in [2.45, 2.75) is 6.92 Å². The zero-order valence-corrected chi connectivity index (χ0v) is 9.49. The number of aromatic nitrogens is 1. The summed E-state index contributed by atoms with van der Waals surface area (Å²) < 4.78 is 0. The molecule has 2 aromatic rings. The summed E-state index contributed by atoms with van der Waals surface area (Å²) in [4.78, 5) is 4.46. The van der Waals surface area contributed by atoms with Crippen LogP contribution in [0.15, 0.2) is 42.5 Å². The maximum Gasteiger partial charge on any atom is 0.132 e. The van der Waals surface area contributed by atoms with Crippen molar-refractivity contribution >= 4 is 17.3 Å². The predicted octanol–water partition coefficient (Wildman–Crippen LogP) is 3.18. The van der Waals surface area contributed by atoms with Crippen LogP contribution in [-0.4, -0.2) is 12.0 Å². The van der Waals surface area contributed by atoms with Gasteiger partial charge in [-0.1, -0.05) is 24.3 Å². The molecule has 0 aliphatic rings. The van der Waals surface area contributed by atoms with Gasteiger partial charge in [0.1, 0.15) is 11.6 Å². The van der Waals surface area contributed by atoms with E-state index in [1.807, 2.05) is 56.4 Å². The third-order valence-corrected chi connectivity index (χ3v) is 2.38. The molecule has 0 atom stereocenters. The number of rotatable bonds is 3. The Morgan fingerprint density at radius 3 is 2.44 bits per heavy atom. The minimum Gasteiger partial charge on any atom is -0.373 e. The molecule has 1 aromatic carbocycles. The molecule has 1 aromatic heterocycles. The number of nitrogens with zero attached hydrogens (tertiary/aromatic N) is 1. The molecular formula is C13H15N3. The molecule has 0 spiro atoms. The van der Waals surface area contributed by atoms with Crippen LogP contribution in [0.5, 0.6) is 0 Å². The van der Waals surface area contributed by atoms with Crippen molar-refractivity contribution in [3.63, 3.8) is 0 Å². The van der Waals surface area contributed by atoms with E-state index < -0.39 is 0 Å². The van der Waals surface area contributed by atoms with Crippen molar-refractivity contribution in [3.05, 3.63) is 48.0 Å². The SMILES string of the molecule is CNc1nc(Nc2ccccc2)ccc1C. The van der Waals surface area contributed by atoms with E-state index in [2.05, 4.69) is 15.6 Å². The Labute approximate surface area is 95.5 Å². The average molecular weight is 213 g/mol. The van der Waals surface area contributed by atoms with Crippen LogP contribution in [0.1, 0.15) is 5.56 Å². The molecule has 1 heterocycles. The summed E-state index contributed by atoms with van der Waals surface area (Å²) in [5.41, 5.74) is 2.18. The second-order valence-corrected chi connectivity index (χ2v) is 3.60. The lowest BCUT2D eigenvalue weighted by Gasteiger charge is -2.09. The van der Waals surface area contributed by atoms with Crippen LogP contribution in [0.25, 0.3) is 0 Å². The van der Waals surface area contributed by atoms with E-state index in [-0.39, 0.29) is 0 Å². The zero-order valence-electron chi connectivity index (χ0n) is 9.49. The second kappa shape index (κ2) is 4.66. The molecule has 3 heteroatoms. The summed E-state index contributed by atoms with van der Waals surface area (Å²) in [5, 5.41) is 6.33. The van der Waals surface area contributed by atoms with E-state index in [0.29, 0.717) is 0 Å². The molecule has 3 nitrogen and oxygen atoms in total. The van der Waals surface area contributed by atoms with Gasteiger partial charge in [0.05, 0.1) is 0 Å². The van der Waals surface area contributed by atoms with Gasteiger partial charge in [-0.15, -0.1) is 0 Å². The first-order valence-electron chi connectivity index (χ1n) is 5.27. The highest BCUT2D eigenvalue weighted by Gasteiger charge is 2.00. The van der Waals surface area contributed by atoms with Crippen LogP contribution in [0.3, 0.4) is 0 Å². The van der Waals surface area contributed by atoms with Gasteiger partial charge in [-0.3, -0.25) is 0 Å². The third-order valence-electron chi connectivity index (χ3n) is 2.38. The van der Waals surface area contributed by atoms with E-state index in [9.17, 15) is 0 Å². The standard InChI is InChI=1S/C13H15N3/c1-10-8-9-12(16-13(10)14-2)15-11-6-4-3-5-7-11/h3-9H,1-2H3,(H2,14,15,16). The predicted molar refractivity (Wildman–Crippen MR) is 68.2 cm³/mol. The van der Waals surface area contributed by atoms with Crippen molar-refractivity contribution in [3.8, 4) is 0 Å². The fraction of sp³-hybridized carbons (Fsp3) is 0.154. The van der Waals surface area contributed by atoms with Crippen molar-refractivity contribution < 1.29 is 0 Å². The summed E-state index contributed by atoms with van der Waals surface area (Å²) >= 11 is 0. The number of benzene rings is 1. The first-order chi connectivity index (χ1) is 7.79. The van der Waals surface area contributed by atoms with E-state index >= 15 is 0 Å². The average Bonchev–Trinajstić information content (AvgIpc) is 2.33. The van der Waals surface area contributed by atoms with Crippen molar-refractivity contribution in [2.24, 2.45) is 0 Å². The molecule has 0 aliphatic heterocycles. The smallest absolute Gasteiger partial charge is 0.132 e. The molecular weight excluding hydrogens is 198 g/mol. The van der Waals surface area contributed by atoms with Crippen LogP contribution in [0.4, 0.5) is 17.3 Å². The molecule has 0 amide bonds. The first kappa shape index (κ1) is 10.5. The molecule has 2 N–H and O–H groups in total. The van der Waals surface area contributed by atoms with Gasteiger partial charge in [-0.25, -0.2) is 4.98 Å². The molecule has 16 heavy (non-hydrogen) atoms. The molecule has 0 fully saturated rings. The van der Waals surface area contributed by atoms with Crippen LogP contribution < -0.4 is 10.6 Å². The van der Waals surface area contributed by atoms with Gasteiger partial charge in [-0.2, -0.15) is 0 Å². The quantitative estimate of drug-likeness (QED) is 0.822. The number of aryl methyl sites for hydroxylation is 1. The highest BCUT2D eigenvalue weighted by Crippen LogP contribution is 2.18. The van der Waals surface area contributed by atoms with Gasteiger partial charge in [0, 0.05) is 12.7 Å². The number of hydrogen-bond donors (Lipinski definition) is 2. The van der Waals surface area contributed by atoms with Crippen molar-refractivity contribution in [1.29, 1.82) is 0 Å². The van der Waals surface area contributed by atoms with Crippen molar-refractivity contribution in [2.75, 3.05) is 17.7 Å². The van der Waals surface area contributed by atoms with Crippen LogP contribution in [-0.2, 0) is 0 Å². The second-order valence-electron chi connectivity index (χ2n) is 3.60. The summed E-state index contributed by atoms with van der Waals surface area (Å²) in [6.07, 6.45) is 0. The third kappa shape index (κ3) is 2.31. The number of anilines is 3. The summed E-state index contributed by atoms with van der Waals surface area (Å²) in [7, 11) is 1.88. The Morgan fingerprint density at radius 1 is 1.00 bits per heavy atom. The zero-order chi connectivity index (χ0) is 11.4. The summed E-state index contributed by atoms with van der Waals surface area (Å²) in [6, 6.07) is 14.0. The Bertz CT molecular complexity index is 466. The van der Waals surface area contributed by atoms with E-state index in [1.54, 1.807) is 0 Å². The molecule has 0 radical (unpaired) electrons. The number of nitrogens with one attached hydrogen (secondary N) is 2. The van der Waals surface area contributed by atoms with E-state index in [0.717, 1.165) is 22.9 Å². The Kier molecular flexibility index (Phi) is 3.05. The minimum absolute atomic E-state index is 0.848. The van der Waals surface area contributed by atoms with Gasteiger partial charge in [0.2, 0.25) is 0 Å². The largest absolute Gasteiger partial charge is 0.373 e. The normalized spacial score (nSPS) is 9.88. The molecule has 0 aliphatic carbocycles. The molecule has 2 rings (SSSR count). The monoisotopic (exact) mass is 213 g/mol. The molecule has 0 unspecified atom stereocenters.